The molecule has 0 aromatic rings. The van der Waals surface area contributed by atoms with Gasteiger partial charge in [0.15, 0.2) is 0 Å². The zero-order valence-electron chi connectivity index (χ0n) is 11.2. The normalized spacial score (nSPS) is 17.8. The van der Waals surface area contributed by atoms with Crippen LogP contribution in [-0.4, -0.2) is 21.0 Å². The quantitative estimate of drug-likeness (QED) is 0.424. The van der Waals surface area contributed by atoms with Crippen LogP contribution in [0, 0.1) is 0 Å². The first-order valence-corrected chi connectivity index (χ1v) is 6.63. The first kappa shape index (κ1) is 13.9. The molecule has 100 valence electrons. The van der Waals surface area contributed by atoms with Gasteiger partial charge in [0.2, 0.25) is 0 Å². The molecular weight excluding hydrogens is 248 g/mol. The Hall–Kier alpha value is -2.54. The fraction of sp³-hybridized carbons (Fsp3) is 0.250. The van der Waals surface area contributed by atoms with Gasteiger partial charge in [0, 0.05) is 12.2 Å². The molecular formula is C16H16N4. The lowest BCUT2D eigenvalue weighted by Gasteiger charge is -2.02. The van der Waals surface area contributed by atoms with E-state index in [1.54, 1.807) is 0 Å². The maximum absolute atomic E-state index is 8.63. The molecule has 0 spiro atoms. The van der Waals surface area contributed by atoms with Crippen molar-refractivity contribution in [2.75, 3.05) is 0 Å². The Morgan fingerprint density at radius 2 is 1.25 bits per heavy atom. The smallest absolute Gasteiger partial charge is 0.295 e. The predicted octanol–water partition coefficient (Wildman–Crippen LogP) is 3.44. The van der Waals surface area contributed by atoms with E-state index >= 15 is 0 Å². The van der Waals surface area contributed by atoms with Crippen LogP contribution in [0.1, 0.15) is 25.7 Å². The van der Waals surface area contributed by atoms with E-state index < -0.39 is 0 Å². The van der Waals surface area contributed by atoms with E-state index in [1.165, 1.54) is 11.1 Å². The number of rotatable bonds is 4. The molecule has 0 fully saturated rings. The van der Waals surface area contributed by atoms with Gasteiger partial charge in [-0.3, -0.25) is 0 Å². The highest BCUT2D eigenvalue weighted by molar-refractivity contribution is 5.93. The van der Waals surface area contributed by atoms with Crippen LogP contribution in [0.5, 0.6) is 0 Å². The van der Waals surface area contributed by atoms with Crippen LogP contribution in [0.4, 0.5) is 0 Å². The lowest BCUT2D eigenvalue weighted by Crippen LogP contribution is -1.98. The summed E-state index contributed by atoms with van der Waals surface area (Å²) >= 11 is 0. The topological polar surface area (TPSA) is 72.8 Å². The summed E-state index contributed by atoms with van der Waals surface area (Å²) in [7, 11) is 0. The second-order valence-corrected chi connectivity index (χ2v) is 4.70. The summed E-state index contributed by atoms with van der Waals surface area (Å²) in [5.74, 6) is 0. The van der Waals surface area contributed by atoms with E-state index in [0.29, 0.717) is 24.3 Å². The lowest BCUT2D eigenvalue weighted by molar-refractivity contribution is -0.00588. The molecule has 2 rings (SSSR count). The summed E-state index contributed by atoms with van der Waals surface area (Å²) in [6, 6.07) is 0. The summed E-state index contributed by atoms with van der Waals surface area (Å²) in [5.41, 5.74) is 21.1. The van der Waals surface area contributed by atoms with Crippen molar-refractivity contribution in [3.8, 4) is 0 Å². The standard InChI is InChI=1S/C16H16N4/c17-19-15-9-5-13(6-10-15)3-1-2-4-14-7-11-16(20-18)12-8-14/h1-2,5-9,11H,3-4,10,12H2. The Labute approximate surface area is 118 Å². The van der Waals surface area contributed by atoms with Crippen molar-refractivity contribution in [2.45, 2.75) is 25.7 Å². The zero-order chi connectivity index (χ0) is 14.2. The maximum Gasteiger partial charge on any atom is 0.295 e. The van der Waals surface area contributed by atoms with Gasteiger partial charge in [-0.25, -0.2) is 0 Å². The highest BCUT2D eigenvalue weighted by Crippen LogP contribution is 2.14. The average molecular weight is 264 g/mol. The predicted molar refractivity (Wildman–Crippen MR) is 79.3 cm³/mol. The van der Waals surface area contributed by atoms with Crippen LogP contribution in [0.2, 0.25) is 0 Å². The van der Waals surface area contributed by atoms with Crippen LogP contribution in [0.25, 0.3) is 11.1 Å². The van der Waals surface area contributed by atoms with Crippen LogP contribution in [0.15, 0.2) is 59.8 Å². The van der Waals surface area contributed by atoms with Gasteiger partial charge in [0.05, 0.1) is 12.8 Å². The number of hydrogen-bond acceptors (Lipinski definition) is 0. The van der Waals surface area contributed by atoms with E-state index in [2.05, 4.69) is 33.9 Å². The lowest BCUT2D eigenvalue weighted by atomic mass is 10.0. The number of hydrogen-bond donors (Lipinski definition) is 0. The van der Waals surface area contributed by atoms with Gasteiger partial charge in [0.1, 0.15) is 0 Å². The van der Waals surface area contributed by atoms with Crippen molar-refractivity contribution < 1.29 is 9.58 Å². The molecule has 0 radical (unpaired) electrons. The molecule has 4 nitrogen and oxygen atoms in total. The summed E-state index contributed by atoms with van der Waals surface area (Å²) in [6.07, 6.45) is 19.2. The third-order valence-electron chi connectivity index (χ3n) is 3.26. The second kappa shape index (κ2) is 7.15. The van der Waals surface area contributed by atoms with Gasteiger partial charge in [-0.1, -0.05) is 36.5 Å². The maximum atomic E-state index is 8.63. The average Bonchev–Trinajstić information content (AvgIpc) is 2.53. The minimum absolute atomic E-state index is 0.688. The van der Waals surface area contributed by atoms with E-state index in [0.717, 1.165) is 12.8 Å². The zero-order valence-corrected chi connectivity index (χ0v) is 11.2. The fourth-order valence-electron chi connectivity index (χ4n) is 2.04. The highest BCUT2D eigenvalue weighted by atomic mass is 14.9. The van der Waals surface area contributed by atoms with Gasteiger partial charge in [0.25, 0.3) is 11.4 Å². The first-order chi connectivity index (χ1) is 9.81. The van der Waals surface area contributed by atoms with Crippen LogP contribution in [-0.2, 0) is 0 Å². The van der Waals surface area contributed by atoms with Crippen molar-refractivity contribution >= 4 is 11.4 Å². The van der Waals surface area contributed by atoms with Crippen LogP contribution >= 0.6 is 0 Å². The van der Waals surface area contributed by atoms with Gasteiger partial charge in [-0.15, -0.1) is 0 Å². The minimum atomic E-state index is 0.688. The van der Waals surface area contributed by atoms with Gasteiger partial charge < -0.3 is 11.1 Å². The van der Waals surface area contributed by atoms with Gasteiger partial charge >= 0.3 is 0 Å². The molecule has 4 heteroatoms. The summed E-state index contributed by atoms with van der Waals surface area (Å²) < 4.78 is 0. The van der Waals surface area contributed by atoms with Crippen molar-refractivity contribution in [1.82, 2.24) is 0 Å². The third kappa shape index (κ3) is 3.99. The Morgan fingerprint density at radius 3 is 1.55 bits per heavy atom. The Balaban J connectivity index is 1.79. The summed E-state index contributed by atoms with van der Waals surface area (Å²) in [6.45, 7) is 0. The molecule has 0 bridgehead atoms. The third-order valence-corrected chi connectivity index (χ3v) is 3.26. The monoisotopic (exact) mass is 264 g/mol. The van der Waals surface area contributed by atoms with Crippen LogP contribution in [0.3, 0.4) is 0 Å². The van der Waals surface area contributed by atoms with Crippen LogP contribution < -0.4 is 0 Å². The molecule has 0 aliphatic heterocycles. The van der Waals surface area contributed by atoms with E-state index in [4.69, 9.17) is 11.1 Å². The molecule has 2 aliphatic rings. The molecule has 0 saturated carbocycles. The molecule has 0 atom stereocenters. The SMILES string of the molecule is [N-]=[N+]=C1C=CC(CC=CCC2=CCC(=[N+]=[N-])C=C2)=CC1. The van der Waals surface area contributed by atoms with Crippen molar-refractivity contribution in [3.63, 3.8) is 0 Å². The minimum Gasteiger partial charge on any atom is -0.361 e. The Morgan fingerprint density at radius 1 is 0.800 bits per heavy atom. The molecule has 0 amide bonds. The summed E-state index contributed by atoms with van der Waals surface area (Å²) in [5, 5.41) is 0. The van der Waals surface area contributed by atoms with E-state index in [9.17, 15) is 0 Å². The molecule has 0 aromatic carbocycles. The molecule has 2 aliphatic carbocycles. The molecule has 0 unspecified atom stereocenters. The van der Waals surface area contributed by atoms with Crippen molar-refractivity contribution in [1.29, 1.82) is 0 Å². The molecule has 0 aromatic heterocycles. The van der Waals surface area contributed by atoms with E-state index in [-0.39, 0.29) is 0 Å². The fourth-order valence-corrected chi connectivity index (χ4v) is 2.04. The van der Waals surface area contributed by atoms with E-state index in [1.807, 2.05) is 24.3 Å². The van der Waals surface area contributed by atoms with Crippen molar-refractivity contribution in [2.24, 2.45) is 0 Å². The Bertz CT molecular complexity index is 575. The van der Waals surface area contributed by atoms with Crippen molar-refractivity contribution in [3.05, 3.63) is 70.8 Å². The number of nitrogens with zero attached hydrogens (tertiary/aromatic N) is 4. The molecule has 20 heavy (non-hydrogen) atoms. The molecule has 0 heterocycles. The first-order valence-electron chi connectivity index (χ1n) is 6.63. The number of allylic oxidation sites excluding steroid dienone is 10. The largest absolute Gasteiger partial charge is 0.361 e. The Kier molecular flexibility index (Phi) is 4.96. The summed E-state index contributed by atoms with van der Waals surface area (Å²) in [4.78, 5) is 6.35. The van der Waals surface area contributed by atoms with Gasteiger partial charge in [-0.2, -0.15) is 9.58 Å². The highest BCUT2D eigenvalue weighted by Gasteiger charge is 2.07. The molecule has 0 saturated heterocycles. The second-order valence-electron chi connectivity index (χ2n) is 4.70. The molecule has 0 N–H and O–H groups in total. The van der Waals surface area contributed by atoms with Gasteiger partial charge in [-0.05, 0) is 24.0 Å².